The van der Waals surface area contributed by atoms with Crippen LogP contribution in [0, 0.1) is 0 Å². The van der Waals surface area contributed by atoms with Crippen molar-refractivity contribution in [2.75, 3.05) is 30.4 Å². The third-order valence-corrected chi connectivity index (χ3v) is 4.91. The molecule has 0 atom stereocenters. The van der Waals surface area contributed by atoms with Gasteiger partial charge in [0, 0.05) is 17.4 Å². The zero-order valence-electron chi connectivity index (χ0n) is 18.7. The standard InChI is InChI=1S/C27H32N2O3/c1-2-3-18-32-26-13-7-12-24(20-26)28-21-27(30)29-23-14-16-25(17-15-23)31-19-8-11-22-9-5-4-6-10-22/h4-7,9-10,12-17,20,28H,2-3,8,11,18-19,21H2,1H3,(H,29,30). The molecule has 3 rings (SSSR count). The Morgan fingerprint density at radius 1 is 0.781 bits per heavy atom. The van der Waals surface area contributed by atoms with E-state index in [1.807, 2.05) is 54.6 Å². The van der Waals surface area contributed by atoms with Crippen LogP contribution in [0.2, 0.25) is 0 Å². The first-order valence-electron chi connectivity index (χ1n) is 11.3. The summed E-state index contributed by atoms with van der Waals surface area (Å²) in [5.41, 5.74) is 2.91. The third-order valence-electron chi connectivity index (χ3n) is 4.91. The lowest BCUT2D eigenvalue weighted by Crippen LogP contribution is -2.21. The second kappa shape index (κ2) is 13.1. The minimum Gasteiger partial charge on any atom is -0.494 e. The number of ether oxygens (including phenoxy) is 2. The van der Waals surface area contributed by atoms with Gasteiger partial charge in [-0.05, 0) is 61.2 Å². The number of rotatable bonds is 13. The molecule has 5 nitrogen and oxygen atoms in total. The molecule has 0 spiro atoms. The van der Waals surface area contributed by atoms with Crippen LogP contribution in [0.25, 0.3) is 0 Å². The molecular weight excluding hydrogens is 400 g/mol. The maximum Gasteiger partial charge on any atom is 0.243 e. The number of carbonyl (C=O) groups excluding carboxylic acids is 1. The lowest BCUT2D eigenvalue weighted by molar-refractivity contribution is -0.114. The van der Waals surface area contributed by atoms with Crippen LogP contribution in [-0.4, -0.2) is 25.7 Å². The van der Waals surface area contributed by atoms with E-state index in [9.17, 15) is 4.79 Å². The van der Waals surface area contributed by atoms with Crippen LogP contribution < -0.4 is 20.1 Å². The van der Waals surface area contributed by atoms with E-state index in [2.05, 4.69) is 41.8 Å². The van der Waals surface area contributed by atoms with E-state index >= 15 is 0 Å². The van der Waals surface area contributed by atoms with Crippen LogP contribution in [0.1, 0.15) is 31.7 Å². The quantitative estimate of drug-likeness (QED) is 0.329. The molecule has 0 radical (unpaired) electrons. The fourth-order valence-electron chi connectivity index (χ4n) is 3.16. The zero-order chi connectivity index (χ0) is 22.4. The van der Waals surface area contributed by atoms with Crippen LogP contribution in [-0.2, 0) is 11.2 Å². The summed E-state index contributed by atoms with van der Waals surface area (Å²) >= 11 is 0. The van der Waals surface area contributed by atoms with Gasteiger partial charge in [0.05, 0.1) is 19.8 Å². The molecule has 0 unspecified atom stereocenters. The summed E-state index contributed by atoms with van der Waals surface area (Å²) in [7, 11) is 0. The number of unbranched alkanes of at least 4 members (excludes halogenated alkanes) is 1. The summed E-state index contributed by atoms with van der Waals surface area (Å²) < 4.78 is 11.5. The van der Waals surface area contributed by atoms with Gasteiger partial charge in [-0.1, -0.05) is 49.7 Å². The van der Waals surface area contributed by atoms with Crippen molar-refractivity contribution in [2.45, 2.75) is 32.6 Å². The molecule has 32 heavy (non-hydrogen) atoms. The molecule has 0 aliphatic carbocycles. The fraction of sp³-hybridized carbons (Fsp3) is 0.296. The van der Waals surface area contributed by atoms with Crippen molar-refractivity contribution < 1.29 is 14.3 Å². The SMILES string of the molecule is CCCCOc1cccc(NCC(=O)Nc2ccc(OCCCc3ccccc3)cc2)c1. The van der Waals surface area contributed by atoms with Gasteiger partial charge in [-0.15, -0.1) is 0 Å². The molecule has 1 amide bonds. The first-order valence-corrected chi connectivity index (χ1v) is 11.3. The van der Waals surface area contributed by atoms with E-state index in [1.54, 1.807) is 0 Å². The third kappa shape index (κ3) is 8.34. The van der Waals surface area contributed by atoms with Gasteiger partial charge in [-0.2, -0.15) is 0 Å². The first kappa shape index (κ1) is 23.2. The molecule has 168 valence electrons. The Morgan fingerprint density at radius 2 is 1.53 bits per heavy atom. The van der Waals surface area contributed by atoms with Gasteiger partial charge in [0.1, 0.15) is 11.5 Å². The number of amides is 1. The van der Waals surface area contributed by atoms with Gasteiger partial charge >= 0.3 is 0 Å². The summed E-state index contributed by atoms with van der Waals surface area (Å²) in [4.78, 5) is 12.3. The van der Waals surface area contributed by atoms with Crippen molar-refractivity contribution >= 4 is 17.3 Å². The number of benzene rings is 3. The second-order valence-corrected chi connectivity index (χ2v) is 7.59. The number of aryl methyl sites for hydroxylation is 1. The Morgan fingerprint density at radius 3 is 2.31 bits per heavy atom. The van der Waals surface area contributed by atoms with Gasteiger partial charge < -0.3 is 20.1 Å². The molecule has 0 aliphatic heterocycles. The zero-order valence-corrected chi connectivity index (χ0v) is 18.7. The lowest BCUT2D eigenvalue weighted by Gasteiger charge is -2.11. The monoisotopic (exact) mass is 432 g/mol. The van der Waals surface area contributed by atoms with E-state index in [4.69, 9.17) is 9.47 Å². The van der Waals surface area contributed by atoms with E-state index in [1.165, 1.54) is 5.56 Å². The lowest BCUT2D eigenvalue weighted by atomic mass is 10.1. The maximum atomic E-state index is 12.3. The van der Waals surface area contributed by atoms with Crippen LogP contribution in [0.5, 0.6) is 11.5 Å². The summed E-state index contributed by atoms with van der Waals surface area (Å²) in [5, 5.41) is 6.03. The molecule has 0 fully saturated rings. The average molecular weight is 433 g/mol. The molecule has 2 N–H and O–H groups in total. The van der Waals surface area contributed by atoms with Crippen molar-refractivity contribution in [1.82, 2.24) is 0 Å². The highest BCUT2D eigenvalue weighted by atomic mass is 16.5. The minimum atomic E-state index is -0.112. The Labute approximate surface area is 190 Å². The normalized spacial score (nSPS) is 10.4. The molecule has 0 aliphatic rings. The molecule has 5 heteroatoms. The van der Waals surface area contributed by atoms with E-state index in [-0.39, 0.29) is 12.5 Å². The Balaban J connectivity index is 1.36. The predicted molar refractivity (Wildman–Crippen MR) is 131 cm³/mol. The molecule has 3 aromatic rings. The second-order valence-electron chi connectivity index (χ2n) is 7.59. The number of hydrogen-bond donors (Lipinski definition) is 2. The predicted octanol–water partition coefficient (Wildman–Crippen LogP) is 5.93. The largest absolute Gasteiger partial charge is 0.494 e. The van der Waals surface area contributed by atoms with Crippen LogP contribution in [0.4, 0.5) is 11.4 Å². The molecule has 0 heterocycles. The highest BCUT2D eigenvalue weighted by molar-refractivity contribution is 5.93. The van der Waals surface area contributed by atoms with Gasteiger partial charge in [-0.25, -0.2) is 0 Å². The molecule has 0 bridgehead atoms. The smallest absolute Gasteiger partial charge is 0.243 e. The minimum absolute atomic E-state index is 0.112. The van der Waals surface area contributed by atoms with Gasteiger partial charge in [0.15, 0.2) is 0 Å². The van der Waals surface area contributed by atoms with Crippen molar-refractivity contribution in [3.05, 3.63) is 84.4 Å². The van der Waals surface area contributed by atoms with E-state index in [0.717, 1.165) is 48.6 Å². The molecule has 3 aromatic carbocycles. The number of anilines is 2. The molecule has 0 saturated carbocycles. The van der Waals surface area contributed by atoms with Crippen molar-refractivity contribution in [3.8, 4) is 11.5 Å². The van der Waals surface area contributed by atoms with E-state index in [0.29, 0.717) is 13.2 Å². The highest BCUT2D eigenvalue weighted by Gasteiger charge is 2.04. The number of hydrogen-bond acceptors (Lipinski definition) is 4. The van der Waals surface area contributed by atoms with Crippen molar-refractivity contribution in [1.29, 1.82) is 0 Å². The summed E-state index contributed by atoms with van der Waals surface area (Å²) in [6, 6.07) is 25.5. The topological polar surface area (TPSA) is 59.6 Å². The van der Waals surface area contributed by atoms with Gasteiger partial charge in [0.25, 0.3) is 0 Å². The maximum absolute atomic E-state index is 12.3. The highest BCUT2D eigenvalue weighted by Crippen LogP contribution is 2.18. The van der Waals surface area contributed by atoms with E-state index < -0.39 is 0 Å². The summed E-state index contributed by atoms with van der Waals surface area (Å²) in [6.07, 6.45) is 4.08. The summed E-state index contributed by atoms with van der Waals surface area (Å²) in [6.45, 7) is 3.67. The fourth-order valence-corrected chi connectivity index (χ4v) is 3.16. The Bertz CT molecular complexity index is 943. The summed E-state index contributed by atoms with van der Waals surface area (Å²) in [5.74, 6) is 1.50. The first-order chi connectivity index (χ1) is 15.7. The Kier molecular flexibility index (Phi) is 9.46. The van der Waals surface area contributed by atoms with Gasteiger partial charge in [0.2, 0.25) is 5.91 Å². The van der Waals surface area contributed by atoms with Crippen molar-refractivity contribution in [3.63, 3.8) is 0 Å². The van der Waals surface area contributed by atoms with Gasteiger partial charge in [-0.3, -0.25) is 4.79 Å². The number of nitrogens with one attached hydrogen (secondary N) is 2. The average Bonchev–Trinajstić information content (AvgIpc) is 2.83. The van der Waals surface area contributed by atoms with Crippen LogP contribution in [0.15, 0.2) is 78.9 Å². The number of carbonyl (C=O) groups is 1. The van der Waals surface area contributed by atoms with Crippen LogP contribution >= 0.6 is 0 Å². The molecule has 0 aromatic heterocycles. The van der Waals surface area contributed by atoms with Crippen LogP contribution in [0.3, 0.4) is 0 Å². The van der Waals surface area contributed by atoms with Crippen molar-refractivity contribution in [2.24, 2.45) is 0 Å². The molecule has 0 saturated heterocycles. The molecular formula is C27H32N2O3. The Hall–Kier alpha value is -3.47.